The summed E-state index contributed by atoms with van der Waals surface area (Å²) in [5.41, 5.74) is 1.27. The molecule has 1 heterocycles. The molecular weight excluding hydrogens is 260 g/mol. The van der Waals surface area contributed by atoms with Crippen molar-refractivity contribution in [2.45, 2.75) is 53.2 Å². The van der Waals surface area contributed by atoms with Gasteiger partial charge in [-0.25, -0.2) is 0 Å². The van der Waals surface area contributed by atoms with E-state index in [0.717, 1.165) is 13.0 Å². The normalized spacial score (nSPS) is 23.1. The average Bonchev–Trinajstić information content (AvgIpc) is 2.76. The lowest BCUT2D eigenvalue weighted by Crippen LogP contribution is -2.40. The first-order valence-corrected chi connectivity index (χ1v) is 7.98. The molecule has 1 aliphatic heterocycles. The highest BCUT2D eigenvalue weighted by atomic mass is 16.2. The molecule has 1 amide bonds. The molecule has 1 aromatic carbocycles. The smallest absolute Gasteiger partial charge is 0.241 e. The van der Waals surface area contributed by atoms with Crippen LogP contribution in [0.2, 0.25) is 0 Å². The quantitative estimate of drug-likeness (QED) is 0.898. The summed E-state index contributed by atoms with van der Waals surface area (Å²) in [4.78, 5) is 14.7. The minimum atomic E-state index is -0.0573. The molecule has 2 rings (SSSR count). The van der Waals surface area contributed by atoms with Crippen LogP contribution in [-0.2, 0) is 4.79 Å². The van der Waals surface area contributed by atoms with Gasteiger partial charge in [0, 0.05) is 6.54 Å². The highest BCUT2D eigenvalue weighted by Gasteiger charge is 2.41. The predicted octanol–water partition coefficient (Wildman–Crippen LogP) is 3.58. The second-order valence-electron chi connectivity index (χ2n) is 7.05. The molecule has 1 N–H and O–H groups in total. The predicted molar refractivity (Wildman–Crippen MR) is 86.7 cm³/mol. The van der Waals surface area contributed by atoms with Gasteiger partial charge in [0.1, 0.15) is 6.17 Å². The van der Waals surface area contributed by atoms with E-state index in [-0.39, 0.29) is 23.5 Å². The van der Waals surface area contributed by atoms with Crippen molar-refractivity contribution in [3.05, 3.63) is 35.9 Å². The Morgan fingerprint density at radius 1 is 1.24 bits per heavy atom. The number of hydrogen-bond acceptors (Lipinski definition) is 2. The highest BCUT2D eigenvalue weighted by molar-refractivity contribution is 5.84. The number of nitrogens with one attached hydrogen (secondary N) is 1. The SMILES string of the molecule is CCC1NC(c2ccccc2)N(CC(C)(C)C(C)C)C1=O. The minimum Gasteiger partial charge on any atom is -0.321 e. The summed E-state index contributed by atoms with van der Waals surface area (Å²) in [6.45, 7) is 11.8. The molecule has 3 nitrogen and oxygen atoms in total. The van der Waals surface area contributed by atoms with E-state index in [1.165, 1.54) is 5.56 Å². The zero-order valence-electron chi connectivity index (χ0n) is 13.9. The minimum absolute atomic E-state index is 0.00155. The van der Waals surface area contributed by atoms with Crippen molar-refractivity contribution in [1.82, 2.24) is 10.2 Å². The van der Waals surface area contributed by atoms with Crippen LogP contribution in [0.3, 0.4) is 0 Å². The zero-order valence-corrected chi connectivity index (χ0v) is 13.9. The van der Waals surface area contributed by atoms with E-state index in [1.54, 1.807) is 0 Å². The Morgan fingerprint density at radius 3 is 2.38 bits per heavy atom. The number of nitrogens with zero attached hydrogens (tertiary/aromatic N) is 1. The Kier molecular flexibility index (Phi) is 4.72. The number of benzene rings is 1. The first-order chi connectivity index (χ1) is 9.86. The van der Waals surface area contributed by atoms with Gasteiger partial charge in [-0.15, -0.1) is 0 Å². The van der Waals surface area contributed by atoms with Gasteiger partial charge in [0.15, 0.2) is 0 Å². The third kappa shape index (κ3) is 3.29. The van der Waals surface area contributed by atoms with Crippen LogP contribution >= 0.6 is 0 Å². The van der Waals surface area contributed by atoms with Crippen molar-refractivity contribution in [3.8, 4) is 0 Å². The fourth-order valence-electron chi connectivity index (χ4n) is 2.67. The average molecular weight is 288 g/mol. The number of rotatable bonds is 5. The van der Waals surface area contributed by atoms with E-state index in [1.807, 2.05) is 23.1 Å². The van der Waals surface area contributed by atoms with Gasteiger partial charge in [-0.05, 0) is 23.3 Å². The number of carbonyl (C=O) groups is 1. The molecule has 2 atom stereocenters. The lowest BCUT2D eigenvalue weighted by Gasteiger charge is -2.36. The summed E-state index contributed by atoms with van der Waals surface area (Å²) in [5.74, 6) is 0.766. The Balaban J connectivity index is 2.28. The van der Waals surface area contributed by atoms with Crippen LogP contribution < -0.4 is 5.32 Å². The summed E-state index contributed by atoms with van der Waals surface area (Å²) in [7, 11) is 0. The van der Waals surface area contributed by atoms with Crippen LogP contribution in [0.25, 0.3) is 0 Å². The van der Waals surface area contributed by atoms with Crippen molar-refractivity contribution in [2.24, 2.45) is 11.3 Å². The second-order valence-corrected chi connectivity index (χ2v) is 7.05. The van der Waals surface area contributed by atoms with Gasteiger partial charge >= 0.3 is 0 Å². The third-order valence-electron chi connectivity index (χ3n) is 4.92. The van der Waals surface area contributed by atoms with Gasteiger partial charge in [-0.3, -0.25) is 10.1 Å². The molecule has 1 saturated heterocycles. The summed E-state index contributed by atoms with van der Waals surface area (Å²) < 4.78 is 0. The van der Waals surface area contributed by atoms with Gasteiger partial charge in [0.25, 0.3) is 0 Å². The standard InChI is InChI=1S/C18H28N2O/c1-6-15-17(21)20(12-18(4,5)13(2)3)16(19-15)14-10-8-7-9-11-14/h7-11,13,15-16,19H,6,12H2,1-5H3. The molecule has 3 heteroatoms. The Morgan fingerprint density at radius 2 is 1.86 bits per heavy atom. The van der Waals surface area contributed by atoms with Crippen molar-refractivity contribution in [3.63, 3.8) is 0 Å². The van der Waals surface area contributed by atoms with E-state index in [9.17, 15) is 4.79 Å². The molecule has 0 aliphatic carbocycles. The number of hydrogen-bond donors (Lipinski definition) is 1. The highest BCUT2D eigenvalue weighted by Crippen LogP contribution is 2.33. The van der Waals surface area contributed by atoms with Crippen LogP contribution in [0.5, 0.6) is 0 Å². The third-order valence-corrected chi connectivity index (χ3v) is 4.92. The molecule has 1 aromatic rings. The largest absolute Gasteiger partial charge is 0.321 e. The molecule has 0 radical (unpaired) electrons. The van der Waals surface area contributed by atoms with E-state index < -0.39 is 0 Å². The number of carbonyl (C=O) groups excluding carboxylic acids is 1. The number of amides is 1. The van der Waals surface area contributed by atoms with Crippen LogP contribution in [-0.4, -0.2) is 23.4 Å². The molecule has 0 bridgehead atoms. The van der Waals surface area contributed by atoms with E-state index in [4.69, 9.17) is 0 Å². The Hall–Kier alpha value is -1.35. The first-order valence-electron chi connectivity index (χ1n) is 7.98. The zero-order chi connectivity index (χ0) is 15.6. The Labute approximate surface area is 128 Å². The lowest BCUT2D eigenvalue weighted by molar-refractivity contribution is -0.131. The molecule has 2 unspecified atom stereocenters. The van der Waals surface area contributed by atoms with Crippen LogP contribution in [0, 0.1) is 11.3 Å². The summed E-state index contributed by atoms with van der Waals surface area (Å²) >= 11 is 0. The van der Waals surface area contributed by atoms with Gasteiger partial charge in [0.2, 0.25) is 5.91 Å². The van der Waals surface area contributed by atoms with Crippen LogP contribution in [0.15, 0.2) is 30.3 Å². The van der Waals surface area contributed by atoms with Crippen molar-refractivity contribution >= 4 is 5.91 Å². The fraction of sp³-hybridized carbons (Fsp3) is 0.611. The van der Waals surface area contributed by atoms with Crippen LogP contribution in [0.1, 0.15) is 52.8 Å². The maximum atomic E-state index is 12.7. The molecule has 0 aromatic heterocycles. The van der Waals surface area contributed by atoms with Gasteiger partial charge < -0.3 is 4.90 Å². The molecule has 116 valence electrons. The van der Waals surface area contributed by atoms with Crippen molar-refractivity contribution in [2.75, 3.05) is 6.54 Å². The van der Waals surface area contributed by atoms with E-state index in [2.05, 4.69) is 52.1 Å². The fourth-order valence-corrected chi connectivity index (χ4v) is 2.67. The van der Waals surface area contributed by atoms with Gasteiger partial charge in [0.05, 0.1) is 6.04 Å². The molecule has 0 spiro atoms. The topological polar surface area (TPSA) is 32.3 Å². The van der Waals surface area contributed by atoms with Crippen molar-refractivity contribution < 1.29 is 4.79 Å². The summed E-state index contributed by atoms with van der Waals surface area (Å²) in [6.07, 6.45) is 0.836. The molecular formula is C18H28N2O. The maximum Gasteiger partial charge on any atom is 0.241 e. The van der Waals surface area contributed by atoms with Crippen LogP contribution in [0.4, 0.5) is 0 Å². The molecule has 21 heavy (non-hydrogen) atoms. The van der Waals surface area contributed by atoms with Gasteiger partial charge in [-0.2, -0.15) is 0 Å². The first kappa shape index (κ1) is 16.0. The monoisotopic (exact) mass is 288 g/mol. The summed E-state index contributed by atoms with van der Waals surface area (Å²) in [5, 5.41) is 3.49. The lowest BCUT2D eigenvalue weighted by atomic mass is 9.80. The second kappa shape index (κ2) is 6.18. The molecule has 1 aliphatic rings. The molecule has 1 fully saturated rings. The summed E-state index contributed by atoms with van der Waals surface area (Å²) in [6, 6.07) is 10.2. The van der Waals surface area contributed by atoms with Gasteiger partial charge in [-0.1, -0.05) is 65.0 Å². The van der Waals surface area contributed by atoms with E-state index in [0.29, 0.717) is 5.92 Å². The maximum absolute atomic E-state index is 12.7. The van der Waals surface area contributed by atoms with Crippen molar-refractivity contribution in [1.29, 1.82) is 0 Å². The molecule has 0 saturated carbocycles. The van der Waals surface area contributed by atoms with E-state index >= 15 is 0 Å². The Bertz CT molecular complexity index is 481.